The molecule has 6 heteroatoms. The van der Waals surface area contributed by atoms with Crippen molar-refractivity contribution in [1.29, 1.82) is 0 Å². The van der Waals surface area contributed by atoms with E-state index in [4.69, 9.17) is 5.11 Å². The standard InChI is InChI=1S/C7H5BrF3NO/c8-4-1-3(2-13)5(6(9)10)12-7(4)11/h1,6,13H,2H2. The Labute approximate surface area is 80.5 Å². The summed E-state index contributed by atoms with van der Waals surface area (Å²) in [5, 5.41) is 8.67. The molecule has 1 heterocycles. The molecule has 1 rings (SSSR count). The summed E-state index contributed by atoms with van der Waals surface area (Å²) in [6.45, 7) is -0.592. The second-order valence-electron chi connectivity index (χ2n) is 2.26. The third kappa shape index (κ3) is 2.19. The van der Waals surface area contributed by atoms with Crippen LogP contribution in [0, 0.1) is 5.95 Å². The van der Waals surface area contributed by atoms with Crippen molar-refractivity contribution in [3.8, 4) is 0 Å². The molecule has 0 aromatic carbocycles. The van der Waals surface area contributed by atoms with Crippen molar-refractivity contribution in [2.75, 3.05) is 0 Å². The fourth-order valence-electron chi connectivity index (χ4n) is 0.833. The highest BCUT2D eigenvalue weighted by atomic mass is 79.9. The molecule has 0 aliphatic carbocycles. The Hall–Kier alpha value is -0.620. The highest BCUT2D eigenvalue weighted by Crippen LogP contribution is 2.25. The Bertz CT molecular complexity index is 319. The van der Waals surface area contributed by atoms with E-state index >= 15 is 0 Å². The zero-order chi connectivity index (χ0) is 10.0. The Kier molecular flexibility index (Phi) is 3.27. The summed E-state index contributed by atoms with van der Waals surface area (Å²) in [5.41, 5.74) is -0.800. The van der Waals surface area contributed by atoms with Crippen LogP contribution in [-0.2, 0) is 6.61 Å². The van der Waals surface area contributed by atoms with Crippen LogP contribution >= 0.6 is 15.9 Å². The molecule has 72 valence electrons. The molecule has 0 bridgehead atoms. The fraction of sp³-hybridized carbons (Fsp3) is 0.286. The number of hydrogen-bond donors (Lipinski definition) is 1. The molecule has 2 nitrogen and oxygen atoms in total. The van der Waals surface area contributed by atoms with Crippen LogP contribution < -0.4 is 0 Å². The van der Waals surface area contributed by atoms with Crippen LogP contribution in [0.2, 0.25) is 0 Å². The zero-order valence-corrected chi connectivity index (χ0v) is 7.85. The van der Waals surface area contributed by atoms with Crippen molar-refractivity contribution in [3.63, 3.8) is 0 Å². The summed E-state index contributed by atoms with van der Waals surface area (Å²) in [5.74, 6) is -1.01. The van der Waals surface area contributed by atoms with Crippen LogP contribution in [0.3, 0.4) is 0 Å². The Morgan fingerprint density at radius 2 is 2.15 bits per heavy atom. The average Bonchev–Trinajstić information content (AvgIpc) is 2.08. The van der Waals surface area contributed by atoms with Gasteiger partial charge in [0.25, 0.3) is 6.43 Å². The molecular formula is C7H5BrF3NO. The maximum atomic E-state index is 12.7. The number of nitrogens with zero attached hydrogens (tertiary/aromatic N) is 1. The van der Waals surface area contributed by atoms with Crippen LogP contribution in [0.1, 0.15) is 17.7 Å². The predicted octanol–water partition coefficient (Wildman–Crippen LogP) is 2.41. The number of hydrogen-bond acceptors (Lipinski definition) is 2. The first kappa shape index (κ1) is 10.5. The van der Waals surface area contributed by atoms with Gasteiger partial charge in [-0.1, -0.05) is 0 Å². The number of aliphatic hydroxyl groups is 1. The molecule has 0 saturated carbocycles. The van der Waals surface area contributed by atoms with Gasteiger partial charge in [0.15, 0.2) is 0 Å². The van der Waals surface area contributed by atoms with Crippen LogP contribution in [0.15, 0.2) is 10.5 Å². The van der Waals surface area contributed by atoms with Gasteiger partial charge in [0, 0.05) is 5.56 Å². The highest BCUT2D eigenvalue weighted by molar-refractivity contribution is 9.10. The van der Waals surface area contributed by atoms with Crippen LogP contribution in [0.5, 0.6) is 0 Å². The van der Waals surface area contributed by atoms with Gasteiger partial charge in [-0.2, -0.15) is 4.39 Å². The summed E-state index contributed by atoms with van der Waals surface area (Å²) in [6.07, 6.45) is -2.88. The monoisotopic (exact) mass is 255 g/mol. The van der Waals surface area contributed by atoms with Crippen LogP contribution in [0.25, 0.3) is 0 Å². The van der Waals surface area contributed by atoms with E-state index in [0.717, 1.165) is 6.07 Å². The first-order chi connectivity index (χ1) is 6.06. The lowest BCUT2D eigenvalue weighted by Gasteiger charge is -2.05. The smallest absolute Gasteiger partial charge is 0.280 e. The van der Waals surface area contributed by atoms with Crippen molar-refractivity contribution in [2.45, 2.75) is 13.0 Å². The Balaban J connectivity index is 3.25. The highest BCUT2D eigenvalue weighted by Gasteiger charge is 2.17. The lowest BCUT2D eigenvalue weighted by atomic mass is 10.2. The van der Waals surface area contributed by atoms with Crippen molar-refractivity contribution >= 4 is 15.9 Å². The van der Waals surface area contributed by atoms with Gasteiger partial charge in [-0.3, -0.25) is 0 Å². The van der Waals surface area contributed by atoms with Gasteiger partial charge in [0.1, 0.15) is 5.69 Å². The van der Waals surface area contributed by atoms with Crippen molar-refractivity contribution in [3.05, 3.63) is 27.7 Å². The number of halogens is 4. The van der Waals surface area contributed by atoms with E-state index in [1.165, 1.54) is 0 Å². The van der Waals surface area contributed by atoms with E-state index in [1.54, 1.807) is 0 Å². The van der Waals surface area contributed by atoms with E-state index in [-0.39, 0.29) is 10.0 Å². The van der Waals surface area contributed by atoms with Crippen LogP contribution in [-0.4, -0.2) is 10.1 Å². The van der Waals surface area contributed by atoms with Gasteiger partial charge >= 0.3 is 0 Å². The van der Waals surface area contributed by atoms with E-state index in [9.17, 15) is 13.2 Å². The van der Waals surface area contributed by atoms with Crippen molar-refractivity contribution in [2.24, 2.45) is 0 Å². The summed E-state index contributed by atoms with van der Waals surface area (Å²) < 4.78 is 37.0. The van der Waals surface area contributed by atoms with Gasteiger partial charge in [-0.25, -0.2) is 13.8 Å². The third-order valence-corrected chi connectivity index (χ3v) is 1.98. The Morgan fingerprint density at radius 1 is 1.54 bits per heavy atom. The molecule has 0 aliphatic rings. The lowest BCUT2D eigenvalue weighted by Crippen LogP contribution is -2.01. The van der Waals surface area contributed by atoms with Gasteiger partial charge in [0.2, 0.25) is 5.95 Å². The first-order valence-corrected chi connectivity index (χ1v) is 4.09. The molecule has 0 saturated heterocycles. The maximum Gasteiger partial charge on any atom is 0.280 e. The SMILES string of the molecule is OCc1cc(Br)c(F)nc1C(F)F. The molecule has 1 aromatic rings. The second kappa shape index (κ2) is 4.06. The quantitative estimate of drug-likeness (QED) is 0.824. The normalized spacial score (nSPS) is 10.9. The third-order valence-electron chi connectivity index (χ3n) is 1.42. The summed E-state index contributed by atoms with van der Waals surface area (Å²) in [6, 6.07) is 1.09. The topological polar surface area (TPSA) is 33.1 Å². The number of aliphatic hydroxyl groups excluding tert-OH is 1. The molecule has 13 heavy (non-hydrogen) atoms. The number of alkyl halides is 2. The molecule has 0 aliphatic heterocycles. The minimum atomic E-state index is -2.88. The van der Waals surface area contributed by atoms with Gasteiger partial charge < -0.3 is 5.11 Å². The van der Waals surface area contributed by atoms with E-state index < -0.39 is 24.7 Å². The number of pyridine rings is 1. The van der Waals surface area contributed by atoms with Gasteiger partial charge in [-0.15, -0.1) is 0 Å². The summed E-state index contributed by atoms with van der Waals surface area (Å²) in [4.78, 5) is 3.02. The van der Waals surface area contributed by atoms with E-state index in [2.05, 4.69) is 20.9 Å². The molecule has 0 atom stereocenters. The largest absolute Gasteiger partial charge is 0.392 e. The predicted molar refractivity (Wildman–Crippen MR) is 42.8 cm³/mol. The maximum absolute atomic E-state index is 12.7. The minimum Gasteiger partial charge on any atom is -0.392 e. The Morgan fingerprint density at radius 3 is 2.62 bits per heavy atom. The van der Waals surface area contributed by atoms with Gasteiger partial charge in [-0.05, 0) is 22.0 Å². The molecule has 0 amide bonds. The van der Waals surface area contributed by atoms with E-state index in [0.29, 0.717) is 0 Å². The first-order valence-electron chi connectivity index (χ1n) is 3.30. The zero-order valence-electron chi connectivity index (χ0n) is 6.27. The molecule has 0 fully saturated rings. The molecule has 0 radical (unpaired) electrons. The van der Waals surface area contributed by atoms with Crippen molar-refractivity contribution < 1.29 is 18.3 Å². The lowest BCUT2D eigenvalue weighted by molar-refractivity contribution is 0.140. The van der Waals surface area contributed by atoms with E-state index in [1.807, 2.05) is 0 Å². The minimum absolute atomic E-state index is 0.0408. The summed E-state index contributed by atoms with van der Waals surface area (Å²) >= 11 is 2.78. The van der Waals surface area contributed by atoms with Crippen LogP contribution in [0.4, 0.5) is 13.2 Å². The van der Waals surface area contributed by atoms with Crippen molar-refractivity contribution in [1.82, 2.24) is 4.98 Å². The molecule has 0 spiro atoms. The second-order valence-corrected chi connectivity index (χ2v) is 3.12. The average molecular weight is 256 g/mol. The molecular weight excluding hydrogens is 251 g/mol. The molecule has 1 N–H and O–H groups in total. The molecule has 0 unspecified atom stereocenters. The molecule has 1 aromatic heterocycles. The fourth-order valence-corrected chi connectivity index (χ4v) is 1.20. The number of rotatable bonds is 2. The summed E-state index contributed by atoms with van der Waals surface area (Å²) in [7, 11) is 0. The van der Waals surface area contributed by atoms with Gasteiger partial charge in [0.05, 0.1) is 11.1 Å². The number of aromatic nitrogens is 1.